The Hall–Kier alpha value is -2.54. The van der Waals surface area contributed by atoms with Crippen molar-refractivity contribution < 1.29 is 17.9 Å². The van der Waals surface area contributed by atoms with Gasteiger partial charge in [-0.15, -0.1) is 0 Å². The van der Waals surface area contributed by atoms with Crippen molar-refractivity contribution in [3.8, 4) is 5.75 Å². The fourth-order valence-corrected chi connectivity index (χ4v) is 5.29. The topological polar surface area (TPSA) is 75.7 Å². The van der Waals surface area contributed by atoms with E-state index in [0.717, 1.165) is 30.6 Å². The first kappa shape index (κ1) is 22.2. The predicted molar refractivity (Wildman–Crippen MR) is 120 cm³/mol. The van der Waals surface area contributed by atoms with Crippen molar-refractivity contribution in [1.82, 2.24) is 5.32 Å². The van der Waals surface area contributed by atoms with Gasteiger partial charge in [0.2, 0.25) is 10.0 Å². The van der Waals surface area contributed by atoms with Gasteiger partial charge in [0.25, 0.3) is 5.91 Å². The molecule has 3 rings (SSSR count). The average Bonchev–Trinajstić information content (AvgIpc) is 2.73. The monoisotopic (exact) mass is 430 g/mol. The molecular formula is C23H30N2O4S. The first-order valence-corrected chi connectivity index (χ1v) is 12.1. The van der Waals surface area contributed by atoms with Gasteiger partial charge in [0, 0.05) is 18.7 Å². The molecule has 0 bridgehead atoms. The fraction of sp³-hybridized carbons (Fsp3) is 0.435. The smallest absolute Gasteiger partial charge is 0.251 e. The molecule has 1 aliphatic heterocycles. The van der Waals surface area contributed by atoms with Crippen LogP contribution in [0, 0.1) is 6.92 Å². The number of anilines is 1. The molecule has 1 saturated heterocycles. The molecule has 2 aromatic carbocycles. The summed E-state index contributed by atoms with van der Waals surface area (Å²) in [5.74, 6) is 0.840. The van der Waals surface area contributed by atoms with Crippen molar-refractivity contribution >= 4 is 21.6 Å². The van der Waals surface area contributed by atoms with Crippen molar-refractivity contribution in [1.29, 1.82) is 0 Å². The zero-order valence-electron chi connectivity index (χ0n) is 17.7. The van der Waals surface area contributed by atoms with Crippen LogP contribution in [0.1, 0.15) is 47.7 Å². The number of benzene rings is 2. The minimum absolute atomic E-state index is 0.161. The Labute approximate surface area is 179 Å². The van der Waals surface area contributed by atoms with Crippen LogP contribution in [0.3, 0.4) is 0 Å². The van der Waals surface area contributed by atoms with Crippen LogP contribution in [-0.4, -0.2) is 39.8 Å². The summed E-state index contributed by atoms with van der Waals surface area (Å²) in [6, 6.07) is 13.3. The zero-order valence-corrected chi connectivity index (χ0v) is 18.5. The second kappa shape index (κ2) is 9.98. The number of nitrogens with zero attached hydrogens (tertiary/aromatic N) is 1. The van der Waals surface area contributed by atoms with Gasteiger partial charge in [0.1, 0.15) is 5.75 Å². The van der Waals surface area contributed by atoms with Crippen molar-refractivity contribution in [3.63, 3.8) is 0 Å². The van der Waals surface area contributed by atoms with E-state index in [1.54, 1.807) is 12.1 Å². The van der Waals surface area contributed by atoms with Crippen molar-refractivity contribution in [3.05, 3.63) is 59.2 Å². The summed E-state index contributed by atoms with van der Waals surface area (Å²) < 4.78 is 31.8. The summed E-state index contributed by atoms with van der Waals surface area (Å²) in [5.41, 5.74) is 3.14. The third-order valence-electron chi connectivity index (χ3n) is 5.25. The van der Waals surface area contributed by atoms with E-state index in [2.05, 4.69) is 5.32 Å². The van der Waals surface area contributed by atoms with E-state index in [1.165, 1.54) is 9.87 Å². The first-order chi connectivity index (χ1) is 14.4. The van der Waals surface area contributed by atoms with Gasteiger partial charge in [-0.1, -0.05) is 18.2 Å². The standard InChI is InChI=1S/C23H30N2O4S/c1-3-29-21-12-9-19(10-13-21)7-6-14-24-23(26)20-11-8-18(2)22(17-20)25-15-4-5-16-30(25,27)28/h8-13,17H,3-7,14-16H2,1-2H3,(H,24,26). The van der Waals surface area contributed by atoms with Gasteiger partial charge >= 0.3 is 0 Å². The maximum absolute atomic E-state index is 12.6. The third kappa shape index (κ3) is 5.53. The molecule has 1 aliphatic rings. The second-order valence-corrected chi connectivity index (χ2v) is 9.55. The highest BCUT2D eigenvalue weighted by atomic mass is 32.2. The summed E-state index contributed by atoms with van der Waals surface area (Å²) in [6.07, 6.45) is 3.20. The normalized spacial score (nSPS) is 15.6. The number of rotatable bonds is 8. The number of aryl methyl sites for hydroxylation is 2. The molecule has 1 N–H and O–H groups in total. The molecule has 0 saturated carbocycles. The average molecular weight is 431 g/mol. The quantitative estimate of drug-likeness (QED) is 0.648. The highest BCUT2D eigenvalue weighted by molar-refractivity contribution is 7.92. The maximum Gasteiger partial charge on any atom is 0.251 e. The van der Waals surface area contributed by atoms with Crippen molar-refractivity contribution in [2.75, 3.05) is 29.8 Å². The Morgan fingerprint density at radius 2 is 1.90 bits per heavy atom. The Balaban J connectivity index is 1.56. The van der Waals surface area contributed by atoms with Crippen LogP contribution < -0.4 is 14.4 Å². The van der Waals surface area contributed by atoms with Crippen LogP contribution >= 0.6 is 0 Å². The highest BCUT2D eigenvalue weighted by Crippen LogP contribution is 2.28. The van der Waals surface area contributed by atoms with E-state index in [-0.39, 0.29) is 11.7 Å². The molecule has 1 fully saturated rings. The van der Waals surface area contributed by atoms with Crippen LogP contribution in [-0.2, 0) is 16.4 Å². The number of carbonyl (C=O) groups excluding carboxylic acids is 1. The molecule has 6 nitrogen and oxygen atoms in total. The molecular weight excluding hydrogens is 400 g/mol. The molecule has 162 valence electrons. The first-order valence-electron chi connectivity index (χ1n) is 10.5. The molecule has 1 heterocycles. The Morgan fingerprint density at radius 3 is 2.60 bits per heavy atom. The number of carbonyl (C=O) groups is 1. The number of nitrogens with one attached hydrogen (secondary N) is 1. The lowest BCUT2D eigenvalue weighted by atomic mass is 10.1. The van der Waals surface area contributed by atoms with Crippen LogP contribution in [0.4, 0.5) is 5.69 Å². The molecule has 1 amide bonds. The molecule has 2 aromatic rings. The Bertz CT molecular complexity index is 971. The van der Waals surface area contributed by atoms with Gasteiger partial charge in [-0.05, 0) is 74.9 Å². The summed E-state index contributed by atoms with van der Waals surface area (Å²) >= 11 is 0. The molecule has 0 atom stereocenters. The minimum Gasteiger partial charge on any atom is -0.494 e. The van der Waals surface area contributed by atoms with E-state index < -0.39 is 10.0 Å². The van der Waals surface area contributed by atoms with Crippen molar-refractivity contribution in [2.24, 2.45) is 0 Å². The van der Waals surface area contributed by atoms with Crippen LogP contribution in [0.15, 0.2) is 42.5 Å². The predicted octanol–water partition coefficient (Wildman–Crippen LogP) is 3.69. The fourth-order valence-electron chi connectivity index (χ4n) is 3.59. The lowest BCUT2D eigenvalue weighted by Gasteiger charge is -2.29. The van der Waals surface area contributed by atoms with Gasteiger partial charge in [-0.2, -0.15) is 0 Å². The number of hydrogen-bond acceptors (Lipinski definition) is 4. The molecule has 7 heteroatoms. The number of amides is 1. The van der Waals surface area contributed by atoms with Gasteiger partial charge in [-0.25, -0.2) is 8.42 Å². The molecule has 0 aromatic heterocycles. The second-order valence-electron chi connectivity index (χ2n) is 7.53. The third-order valence-corrected chi connectivity index (χ3v) is 7.11. The number of sulfonamides is 1. The Morgan fingerprint density at radius 1 is 1.13 bits per heavy atom. The summed E-state index contributed by atoms with van der Waals surface area (Å²) in [5, 5.41) is 2.94. The largest absolute Gasteiger partial charge is 0.494 e. The van der Waals surface area contributed by atoms with Crippen LogP contribution in [0.25, 0.3) is 0 Å². The number of hydrogen-bond donors (Lipinski definition) is 1. The molecule has 0 unspecified atom stereocenters. The van der Waals surface area contributed by atoms with Crippen molar-refractivity contribution in [2.45, 2.75) is 39.5 Å². The van der Waals surface area contributed by atoms with Crippen LogP contribution in [0.2, 0.25) is 0 Å². The Kier molecular flexibility index (Phi) is 7.37. The zero-order chi connectivity index (χ0) is 21.6. The lowest BCUT2D eigenvalue weighted by Crippen LogP contribution is -2.38. The van der Waals surface area contributed by atoms with Crippen LogP contribution in [0.5, 0.6) is 5.75 Å². The molecule has 0 spiro atoms. The van der Waals surface area contributed by atoms with E-state index in [0.29, 0.717) is 37.4 Å². The molecule has 0 radical (unpaired) electrons. The maximum atomic E-state index is 12.6. The van der Waals surface area contributed by atoms with E-state index >= 15 is 0 Å². The van der Waals surface area contributed by atoms with E-state index in [1.807, 2.05) is 44.2 Å². The van der Waals surface area contributed by atoms with Gasteiger partial charge in [-0.3, -0.25) is 9.10 Å². The van der Waals surface area contributed by atoms with Gasteiger partial charge < -0.3 is 10.1 Å². The summed E-state index contributed by atoms with van der Waals surface area (Å²) in [4.78, 5) is 12.6. The SMILES string of the molecule is CCOc1ccc(CCCNC(=O)c2ccc(C)c(N3CCCCS3(=O)=O)c2)cc1. The van der Waals surface area contributed by atoms with Gasteiger partial charge in [0.15, 0.2) is 0 Å². The molecule has 30 heavy (non-hydrogen) atoms. The number of ether oxygens (including phenoxy) is 1. The molecule has 0 aliphatic carbocycles. The summed E-state index contributed by atoms with van der Waals surface area (Å²) in [7, 11) is -3.31. The highest BCUT2D eigenvalue weighted by Gasteiger charge is 2.27. The lowest BCUT2D eigenvalue weighted by molar-refractivity contribution is 0.0953. The summed E-state index contributed by atoms with van der Waals surface area (Å²) in [6.45, 7) is 5.50. The van der Waals surface area contributed by atoms with E-state index in [4.69, 9.17) is 4.74 Å². The van der Waals surface area contributed by atoms with E-state index in [9.17, 15) is 13.2 Å². The minimum atomic E-state index is -3.31. The van der Waals surface area contributed by atoms with Gasteiger partial charge in [0.05, 0.1) is 18.0 Å².